The number of H-pyrrole nitrogens is 1. The van der Waals surface area contributed by atoms with Gasteiger partial charge in [0.1, 0.15) is 0 Å². The average Bonchev–Trinajstić information content (AvgIpc) is 3.04. The number of amides is 1. The van der Waals surface area contributed by atoms with Crippen LogP contribution in [0.5, 0.6) is 0 Å². The molecule has 1 aromatic carbocycles. The summed E-state index contributed by atoms with van der Waals surface area (Å²) >= 11 is 0. The second-order valence-electron chi connectivity index (χ2n) is 4.61. The SMILES string of the molecule is CCn1nc(C(=O)Nc2ccc3cn[nH]c3c2)cc1C. The standard InChI is InChI=1S/C14H15N5O/c1-3-19-9(2)6-13(18-19)14(20)16-11-5-4-10-8-15-17-12(10)7-11/h4-8H,3H2,1-2H3,(H,15,17)(H,16,20). The molecule has 102 valence electrons. The fourth-order valence-electron chi connectivity index (χ4n) is 2.15. The fraction of sp³-hybridized carbons (Fsp3) is 0.214. The van der Waals surface area contributed by atoms with Gasteiger partial charge in [-0.05, 0) is 38.1 Å². The van der Waals surface area contributed by atoms with Crippen LogP contribution in [0.2, 0.25) is 0 Å². The summed E-state index contributed by atoms with van der Waals surface area (Å²) in [5, 5.41) is 14.9. The summed E-state index contributed by atoms with van der Waals surface area (Å²) in [6.45, 7) is 4.68. The third kappa shape index (κ3) is 2.16. The molecule has 3 rings (SSSR count). The summed E-state index contributed by atoms with van der Waals surface area (Å²) < 4.78 is 1.80. The molecule has 0 bridgehead atoms. The van der Waals surface area contributed by atoms with Gasteiger partial charge in [-0.15, -0.1) is 0 Å². The van der Waals surface area contributed by atoms with Crippen molar-refractivity contribution in [3.05, 3.63) is 41.9 Å². The molecule has 0 atom stereocenters. The van der Waals surface area contributed by atoms with Gasteiger partial charge in [0.15, 0.2) is 5.69 Å². The first kappa shape index (κ1) is 12.4. The first-order valence-corrected chi connectivity index (χ1v) is 6.46. The van der Waals surface area contributed by atoms with Gasteiger partial charge in [-0.25, -0.2) is 0 Å². The molecule has 0 spiro atoms. The first-order valence-electron chi connectivity index (χ1n) is 6.46. The Morgan fingerprint density at radius 3 is 3.00 bits per heavy atom. The van der Waals surface area contributed by atoms with Crippen LogP contribution in [0.1, 0.15) is 23.1 Å². The highest BCUT2D eigenvalue weighted by molar-refractivity contribution is 6.03. The molecule has 6 nitrogen and oxygen atoms in total. The van der Waals surface area contributed by atoms with E-state index in [4.69, 9.17) is 0 Å². The molecule has 0 aliphatic rings. The number of hydrogen-bond donors (Lipinski definition) is 2. The van der Waals surface area contributed by atoms with Crippen LogP contribution in [0.4, 0.5) is 5.69 Å². The lowest BCUT2D eigenvalue weighted by Gasteiger charge is -2.03. The minimum absolute atomic E-state index is 0.209. The molecule has 0 aliphatic carbocycles. The van der Waals surface area contributed by atoms with Crippen LogP contribution in [0.15, 0.2) is 30.5 Å². The highest BCUT2D eigenvalue weighted by Gasteiger charge is 2.12. The highest BCUT2D eigenvalue weighted by atomic mass is 16.1. The molecule has 2 heterocycles. The lowest BCUT2D eigenvalue weighted by molar-refractivity contribution is 0.102. The Morgan fingerprint density at radius 2 is 2.25 bits per heavy atom. The maximum absolute atomic E-state index is 12.2. The number of aromatic amines is 1. The topological polar surface area (TPSA) is 75.6 Å². The quantitative estimate of drug-likeness (QED) is 0.766. The van der Waals surface area contributed by atoms with Crippen LogP contribution < -0.4 is 5.32 Å². The Labute approximate surface area is 115 Å². The molecule has 0 radical (unpaired) electrons. The van der Waals surface area contributed by atoms with E-state index in [1.165, 1.54) is 0 Å². The van der Waals surface area contributed by atoms with E-state index in [9.17, 15) is 4.79 Å². The molecule has 2 N–H and O–H groups in total. The van der Waals surface area contributed by atoms with Gasteiger partial charge in [-0.3, -0.25) is 14.6 Å². The molecule has 0 saturated heterocycles. The number of hydrogen-bond acceptors (Lipinski definition) is 3. The van der Waals surface area contributed by atoms with E-state index in [1.807, 2.05) is 32.0 Å². The lowest BCUT2D eigenvalue weighted by Crippen LogP contribution is -2.13. The number of carbonyl (C=O) groups is 1. The number of nitrogens with zero attached hydrogens (tertiary/aromatic N) is 3. The van der Waals surface area contributed by atoms with Crippen LogP contribution in [0.3, 0.4) is 0 Å². The first-order chi connectivity index (χ1) is 9.67. The van der Waals surface area contributed by atoms with Gasteiger partial charge in [0.2, 0.25) is 0 Å². The van der Waals surface area contributed by atoms with E-state index in [0.717, 1.165) is 28.8 Å². The van der Waals surface area contributed by atoms with Crippen molar-refractivity contribution in [3.63, 3.8) is 0 Å². The molecular weight excluding hydrogens is 254 g/mol. The minimum atomic E-state index is -0.209. The third-order valence-electron chi connectivity index (χ3n) is 3.21. The maximum atomic E-state index is 12.2. The maximum Gasteiger partial charge on any atom is 0.276 e. The predicted octanol–water partition coefficient (Wildman–Crippen LogP) is 2.34. The number of fused-ring (bicyclic) bond motifs is 1. The smallest absolute Gasteiger partial charge is 0.276 e. The van der Waals surface area contributed by atoms with Gasteiger partial charge in [0.25, 0.3) is 5.91 Å². The van der Waals surface area contributed by atoms with E-state index in [1.54, 1.807) is 16.9 Å². The van der Waals surface area contributed by atoms with Crippen molar-refractivity contribution in [1.82, 2.24) is 20.0 Å². The number of nitrogens with one attached hydrogen (secondary N) is 2. The normalized spacial score (nSPS) is 10.9. The van der Waals surface area contributed by atoms with Crippen LogP contribution in [-0.2, 0) is 6.54 Å². The summed E-state index contributed by atoms with van der Waals surface area (Å²) in [6, 6.07) is 7.39. The molecule has 0 unspecified atom stereocenters. The lowest BCUT2D eigenvalue weighted by atomic mass is 10.2. The number of aromatic nitrogens is 4. The van der Waals surface area contributed by atoms with Gasteiger partial charge in [-0.2, -0.15) is 10.2 Å². The van der Waals surface area contributed by atoms with Crippen molar-refractivity contribution in [3.8, 4) is 0 Å². The van der Waals surface area contributed by atoms with Crippen molar-refractivity contribution in [1.29, 1.82) is 0 Å². The highest BCUT2D eigenvalue weighted by Crippen LogP contribution is 2.17. The van der Waals surface area contributed by atoms with E-state index < -0.39 is 0 Å². The zero-order valence-electron chi connectivity index (χ0n) is 11.3. The van der Waals surface area contributed by atoms with Crippen LogP contribution in [0.25, 0.3) is 10.9 Å². The van der Waals surface area contributed by atoms with E-state index >= 15 is 0 Å². The Hall–Kier alpha value is -2.63. The Kier molecular flexibility index (Phi) is 2.98. The Morgan fingerprint density at radius 1 is 1.40 bits per heavy atom. The van der Waals surface area contributed by atoms with Gasteiger partial charge in [0, 0.05) is 23.3 Å². The monoisotopic (exact) mass is 269 g/mol. The van der Waals surface area contributed by atoms with Crippen LogP contribution in [0, 0.1) is 6.92 Å². The van der Waals surface area contributed by atoms with Crippen LogP contribution >= 0.6 is 0 Å². The van der Waals surface area contributed by atoms with Gasteiger partial charge in [-0.1, -0.05) is 0 Å². The molecular formula is C14H15N5O. The second-order valence-corrected chi connectivity index (χ2v) is 4.61. The minimum Gasteiger partial charge on any atom is -0.321 e. The van der Waals surface area contributed by atoms with Crippen LogP contribution in [-0.4, -0.2) is 25.9 Å². The fourth-order valence-corrected chi connectivity index (χ4v) is 2.15. The summed E-state index contributed by atoms with van der Waals surface area (Å²) in [7, 11) is 0. The summed E-state index contributed by atoms with van der Waals surface area (Å²) in [6.07, 6.45) is 1.74. The van der Waals surface area contributed by atoms with Crippen molar-refractivity contribution in [2.24, 2.45) is 0 Å². The van der Waals surface area contributed by atoms with Gasteiger partial charge >= 0.3 is 0 Å². The van der Waals surface area contributed by atoms with Crippen molar-refractivity contribution >= 4 is 22.5 Å². The number of rotatable bonds is 3. The zero-order chi connectivity index (χ0) is 14.1. The summed E-state index contributed by atoms with van der Waals surface area (Å²) in [5.74, 6) is -0.209. The molecule has 0 aliphatic heterocycles. The van der Waals surface area contributed by atoms with Crippen molar-refractivity contribution in [2.75, 3.05) is 5.32 Å². The van der Waals surface area contributed by atoms with E-state index in [0.29, 0.717) is 5.69 Å². The Bertz CT molecular complexity index is 771. The summed E-state index contributed by atoms with van der Waals surface area (Å²) in [5.41, 5.74) is 3.00. The van der Waals surface area contributed by atoms with Gasteiger partial charge in [0.05, 0.1) is 11.7 Å². The van der Waals surface area contributed by atoms with Crippen molar-refractivity contribution in [2.45, 2.75) is 20.4 Å². The summed E-state index contributed by atoms with van der Waals surface area (Å²) in [4.78, 5) is 12.2. The van der Waals surface area contributed by atoms with E-state index in [2.05, 4.69) is 20.6 Å². The number of carbonyl (C=O) groups excluding carboxylic acids is 1. The predicted molar refractivity (Wildman–Crippen MR) is 76.7 cm³/mol. The number of aryl methyl sites for hydroxylation is 2. The van der Waals surface area contributed by atoms with Gasteiger partial charge < -0.3 is 5.32 Å². The average molecular weight is 269 g/mol. The molecule has 1 amide bonds. The zero-order valence-corrected chi connectivity index (χ0v) is 11.3. The number of benzene rings is 1. The molecule has 0 fully saturated rings. The number of anilines is 1. The molecule has 20 heavy (non-hydrogen) atoms. The third-order valence-corrected chi connectivity index (χ3v) is 3.21. The largest absolute Gasteiger partial charge is 0.321 e. The Balaban J connectivity index is 1.83. The van der Waals surface area contributed by atoms with E-state index in [-0.39, 0.29) is 5.91 Å². The molecule has 6 heteroatoms. The second kappa shape index (κ2) is 4.80. The molecule has 2 aromatic heterocycles. The molecule has 3 aromatic rings. The molecule has 0 saturated carbocycles. The van der Waals surface area contributed by atoms with Crippen molar-refractivity contribution < 1.29 is 4.79 Å².